The number of nitrogens with one attached hydrogen (secondary N) is 1. The minimum atomic E-state index is -0.667. The molecule has 0 saturated carbocycles. The number of rotatable bonds is 59. The van der Waals surface area contributed by atoms with Gasteiger partial charge in [0.05, 0.1) is 25.4 Å². The van der Waals surface area contributed by atoms with Gasteiger partial charge in [0, 0.05) is 12.8 Å². The first-order valence-corrected chi connectivity index (χ1v) is 31.7. The average molecular weight is 999 g/mol. The van der Waals surface area contributed by atoms with Crippen molar-refractivity contribution < 1.29 is 24.5 Å². The second-order valence-corrected chi connectivity index (χ2v) is 21.7. The molecular formula is C65H123NO5. The first kappa shape index (κ1) is 69.1. The lowest BCUT2D eigenvalue weighted by atomic mass is 10.0. The third-order valence-corrected chi connectivity index (χ3v) is 14.7. The molecule has 71 heavy (non-hydrogen) atoms. The smallest absolute Gasteiger partial charge is 0.305 e. The summed E-state index contributed by atoms with van der Waals surface area (Å²) >= 11 is 0. The highest BCUT2D eigenvalue weighted by molar-refractivity contribution is 5.76. The molecule has 6 nitrogen and oxygen atoms in total. The highest BCUT2D eigenvalue weighted by atomic mass is 16.5. The fraction of sp³-hybridized carbons (Fsp3) is 0.877. The Balaban J connectivity index is 3.38. The van der Waals surface area contributed by atoms with Gasteiger partial charge in [0.25, 0.3) is 0 Å². The number of unbranched alkanes of at least 4 members (excludes halogenated alkanes) is 42. The van der Waals surface area contributed by atoms with Crippen molar-refractivity contribution in [2.24, 2.45) is 0 Å². The minimum absolute atomic E-state index is 0.00782. The van der Waals surface area contributed by atoms with Crippen LogP contribution >= 0.6 is 0 Å². The molecule has 0 radical (unpaired) electrons. The minimum Gasteiger partial charge on any atom is -0.466 e. The van der Waals surface area contributed by atoms with Crippen LogP contribution in [0.5, 0.6) is 0 Å². The molecular weight excluding hydrogens is 875 g/mol. The highest BCUT2D eigenvalue weighted by Crippen LogP contribution is 2.17. The number of aliphatic hydroxyl groups is 2. The van der Waals surface area contributed by atoms with Crippen molar-refractivity contribution in [1.82, 2.24) is 5.32 Å². The van der Waals surface area contributed by atoms with E-state index in [-0.39, 0.29) is 18.5 Å². The van der Waals surface area contributed by atoms with Crippen LogP contribution in [0.25, 0.3) is 0 Å². The van der Waals surface area contributed by atoms with Crippen molar-refractivity contribution in [2.75, 3.05) is 13.2 Å². The van der Waals surface area contributed by atoms with Crippen molar-refractivity contribution in [1.29, 1.82) is 0 Å². The van der Waals surface area contributed by atoms with Gasteiger partial charge in [0.15, 0.2) is 0 Å². The van der Waals surface area contributed by atoms with E-state index in [1.165, 1.54) is 257 Å². The van der Waals surface area contributed by atoms with Crippen LogP contribution in [0.4, 0.5) is 0 Å². The maximum absolute atomic E-state index is 12.5. The Hall–Kier alpha value is -1.92. The van der Waals surface area contributed by atoms with Crippen LogP contribution in [0.3, 0.4) is 0 Å². The molecule has 3 N–H and O–H groups in total. The zero-order chi connectivity index (χ0) is 51.4. The summed E-state index contributed by atoms with van der Waals surface area (Å²) in [5, 5.41) is 23.2. The lowest BCUT2D eigenvalue weighted by Gasteiger charge is -2.22. The number of hydrogen-bond acceptors (Lipinski definition) is 5. The van der Waals surface area contributed by atoms with Crippen molar-refractivity contribution in [3.63, 3.8) is 0 Å². The maximum atomic E-state index is 12.5. The number of amides is 1. The van der Waals surface area contributed by atoms with Gasteiger partial charge < -0.3 is 20.3 Å². The van der Waals surface area contributed by atoms with Crippen LogP contribution in [0.2, 0.25) is 0 Å². The van der Waals surface area contributed by atoms with Crippen LogP contribution in [-0.4, -0.2) is 47.4 Å². The topological polar surface area (TPSA) is 95.9 Å². The third-order valence-electron chi connectivity index (χ3n) is 14.7. The number of esters is 1. The summed E-state index contributed by atoms with van der Waals surface area (Å²) in [7, 11) is 0. The monoisotopic (exact) mass is 998 g/mol. The molecule has 0 saturated heterocycles. The van der Waals surface area contributed by atoms with E-state index >= 15 is 0 Å². The molecule has 1 amide bonds. The summed E-state index contributed by atoms with van der Waals surface area (Å²) in [6, 6.07) is -0.545. The molecule has 0 bridgehead atoms. The summed E-state index contributed by atoms with van der Waals surface area (Å²) < 4.78 is 5.50. The van der Waals surface area contributed by atoms with Crippen molar-refractivity contribution in [2.45, 2.75) is 353 Å². The Morgan fingerprint density at radius 1 is 0.394 bits per heavy atom. The Kier molecular flexibility index (Phi) is 59.0. The zero-order valence-corrected chi connectivity index (χ0v) is 47.7. The number of carbonyl (C=O) groups excluding carboxylic acids is 2. The van der Waals surface area contributed by atoms with Gasteiger partial charge in [0.1, 0.15) is 0 Å². The summed E-state index contributed by atoms with van der Waals surface area (Å²) in [5.41, 5.74) is 0. The predicted molar refractivity (Wildman–Crippen MR) is 310 cm³/mol. The zero-order valence-electron chi connectivity index (χ0n) is 47.7. The third kappa shape index (κ3) is 57.2. The number of ether oxygens (including phenoxy) is 1. The molecule has 0 aliphatic heterocycles. The van der Waals surface area contributed by atoms with Crippen molar-refractivity contribution in [3.05, 3.63) is 36.5 Å². The molecule has 0 rings (SSSR count). The first-order chi connectivity index (χ1) is 35.0. The summed E-state index contributed by atoms with van der Waals surface area (Å²) in [4.78, 5) is 24.6. The predicted octanol–water partition coefficient (Wildman–Crippen LogP) is 20.0. The van der Waals surface area contributed by atoms with Gasteiger partial charge >= 0.3 is 5.97 Å². The van der Waals surface area contributed by atoms with Crippen LogP contribution in [0, 0.1) is 0 Å². The number of aliphatic hydroxyl groups excluding tert-OH is 2. The lowest BCUT2D eigenvalue weighted by molar-refractivity contribution is -0.143. The number of hydrogen-bond donors (Lipinski definition) is 3. The summed E-state index contributed by atoms with van der Waals surface area (Å²) in [6.07, 6.45) is 75.9. The second kappa shape index (κ2) is 60.6. The lowest BCUT2D eigenvalue weighted by Crippen LogP contribution is -2.45. The van der Waals surface area contributed by atoms with Gasteiger partial charge in [-0.25, -0.2) is 0 Å². The molecule has 0 aromatic heterocycles. The van der Waals surface area contributed by atoms with E-state index in [2.05, 4.69) is 55.6 Å². The van der Waals surface area contributed by atoms with E-state index in [0.29, 0.717) is 25.9 Å². The summed E-state index contributed by atoms with van der Waals surface area (Å²) in [6.45, 7) is 4.93. The van der Waals surface area contributed by atoms with E-state index in [0.717, 1.165) is 51.4 Å². The Morgan fingerprint density at radius 3 is 1.11 bits per heavy atom. The van der Waals surface area contributed by atoms with Crippen LogP contribution < -0.4 is 5.32 Å². The molecule has 0 heterocycles. The molecule has 0 aromatic rings. The van der Waals surface area contributed by atoms with E-state index in [1.54, 1.807) is 0 Å². The van der Waals surface area contributed by atoms with Crippen molar-refractivity contribution >= 4 is 11.9 Å². The first-order valence-electron chi connectivity index (χ1n) is 31.7. The van der Waals surface area contributed by atoms with Gasteiger partial charge in [0.2, 0.25) is 5.91 Å². The van der Waals surface area contributed by atoms with Crippen LogP contribution in [0.15, 0.2) is 36.5 Å². The average Bonchev–Trinajstić information content (AvgIpc) is 3.37. The molecule has 2 atom stereocenters. The van der Waals surface area contributed by atoms with Crippen molar-refractivity contribution in [3.8, 4) is 0 Å². The van der Waals surface area contributed by atoms with E-state index < -0.39 is 12.1 Å². The Bertz CT molecular complexity index is 1150. The van der Waals surface area contributed by atoms with E-state index in [4.69, 9.17) is 4.74 Å². The molecule has 0 fully saturated rings. The van der Waals surface area contributed by atoms with Crippen LogP contribution in [-0.2, 0) is 14.3 Å². The molecule has 0 aromatic carbocycles. The molecule has 0 spiro atoms. The molecule has 0 aliphatic rings. The van der Waals surface area contributed by atoms with Gasteiger partial charge in [-0.3, -0.25) is 9.59 Å². The highest BCUT2D eigenvalue weighted by Gasteiger charge is 2.20. The molecule has 418 valence electrons. The Morgan fingerprint density at radius 2 is 0.704 bits per heavy atom. The fourth-order valence-corrected chi connectivity index (χ4v) is 9.78. The van der Waals surface area contributed by atoms with Gasteiger partial charge in [-0.15, -0.1) is 0 Å². The maximum Gasteiger partial charge on any atom is 0.305 e. The summed E-state index contributed by atoms with van der Waals surface area (Å²) in [5.74, 6) is -0.0333. The fourth-order valence-electron chi connectivity index (χ4n) is 9.78. The second-order valence-electron chi connectivity index (χ2n) is 21.7. The standard InChI is InChI=1S/C65H123NO5/c1-3-5-7-9-11-13-15-17-18-19-25-29-32-35-39-43-47-51-55-59-65(70)71-60-56-52-48-44-40-36-33-30-27-24-22-20-21-23-26-28-31-34-38-42-46-50-54-58-64(69)66-62(61-67)63(68)57-53-49-45-41-37-16-14-12-10-8-6-4-2/h11,13,17-18,23,26,62-63,67-68H,3-10,12,14-16,19-22,24-25,27-61H2,1-2H3,(H,66,69)/b13-11-,18-17-,26-23-. The normalized spacial score (nSPS) is 12.8. The van der Waals surface area contributed by atoms with E-state index in [1.807, 2.05) is 0 Å². The van der Waals surface area contributed by atoms with Gasteiger partial charge in [-0.05, 0) is 83.5 Å². The number of allylic oxidation sites excluding steroid dienone is 6. The quantitative estimate of drug-likeness (QED) is 0.0321. The largest absolute Gasteiger partial charge is 0.466 e. The number of carbonyl (C=O) groups is 2. The Labute approximate surface area is 443 Å². The molecule has 2 unspecified atom stereocenters. The van der Waals surface area contributed by atoms with Gasteiger partial charge in [-0.2, -0.15) is 0 Å². The van der Waals surface area contributed by atoms with Gasteiger partial charge in [-0.1, -0.05) is 281 Å². The van der Waals surface area contributed by atoms with Crippen LogP contribution in [0.1, 0.15) is 341 Å². The molecule has 6 heteroatoms. The van der Waals surface area contributed by atoms with E-state index in [9.17, 15) is 19.8 Å². The molecule has 0 aliphatic carbocycles. The SMILES string of the molecule is CCCCC/C=C\C/C=C\CCCCCCCCCCCC(=O)OCCCCCCCCCCCCCC/C=C\CCCCCCCCCC(=O)NC(CO)C(O)CCCCCCCCCCCCCC.